The van der Waals surface area contributed by atoms with Gasteiger partial charge in [0.15, 0.2) is 5.84 Å². The number of nitro groups is 1. The number of carbonyl (C=O) groups is 2. The average Bonchev–Trinajstić information content (AvgIpc) is 3.17. The Labute approximate surface area is 231 Å². The molecule has 1 N–H and O–H groups in total. The van der Waals surface area contributed by atoms with Gasteiger partial charge in [0.1, 0.15) is 17.2 Å². The highest BCUT2D eigenvalue weighted by Gasteiger charge is 2.35. The molecular weight excluding hydrogens is 559 g/mol. The zero-order valence-electron chi connectivity index (χ0n) is 19.7. The zero-order valence-corrected chi connectivity index (χ0v) is 22.0. The van der Waals surface area contributed by atoms with Crippen LogP contribution in [0.5, 0.6) is 11.5 Å². The lowest BCUT2D eigenvalue weighted by atomic mass is 10.1. The van der Waals surface area contributed by atoms with Crippen molar-refractivity contribution >= 4 is 69.9 Å². The number of non-ortho nitro benzene ring substituents is 1. The number of hydrazone groups is 1. The molecule has 3 aromatic rings. The summed E-state index contributed by atoms with van der Waals surface area (Å²) in [6.07, 6.45) is 1.46. The van der Waals surface area contributed by atoms with Crippen molar-refractivity contribution in [2.24, 2.45) is 5.10 Å². The van der Waals surface area contributed by atoms with Crippen LogP contribution in [0.2, 0.25) is 15.1 Å². The van der Waals surface area contributed by atoms with Gasteiger partial charge in [-0.2, -0.15) is 5.01 Å². The molecule has 0 saturated heterocycles. The van der Waals surface area contributed by atoms with Gasteiger partial charge in [0, 0.05) is 34.3 Å². The molecule has 1 aliphatic heterocycles. The third-order valence-corrected chi connectivity index (χ3v) is 6.16. The average molecular weight is 576 g/mol. The number of amides is 2. The van der Waals surface area contributed by atoms with Gasteiger partial charge in [0.25, 0.3) is 17.5 Å². The molecule has 0 aliphatic carbocycles. The molecule has 4 rings (SSSR count). The first-order chi connectivity index (χ1) is 18.1. The molecule has 0 atom stereocenters. The van der Waals surface area contributed by atoms with Crippen molar-refractivity contribution < 1.29 is 24.0 Å². The summed E-state index contributed by atoms with van der Waals surface area (Å²) in [5.74, 6) is -0.635. The van der Waals surface area contributed by atoms with Gasteiger partial charge in [-0.25, -0.2) is 0 Å². The second-order valence-corrected chi connectivity index (χ2v) is 8.96. The van der Waals surface area contributed by atoms with E-state index in [0.717, 1.165) is 11.1 Å². The lowest BCUT2D eigenvalue weighted by Crippen LogP contribution is -2.31. The minimum atomic E-state index is -0.733. The molecule has 0 radical (unpaired) electrons. The number of methoxy groups -OCH3 is 2. The van der Waals surface area contributed by atoms with Crippen molar-refractivity contribution in [2.45, 2.75) is 0 Å². The normalized spacial score (nSPS) is 13.9. The lowest BCUT2D eigenvalue weighted by molar-refractivity contribution is -0.384. The minimum Gasteiger partial charge on any atom is -0.497 e. The summed E-state index contributed by atoms with van der Waals surface area (Å²) in [5, 5.41) is 19.2. The molecule has 0 spiro atoms. The summed E-state index contributed by atoms with van der Waals surface area (Å²) >= 11 is 18.7. The maximum absolute atomic E-state index is 13.6. The van der Waals surface area contributed by atoms with Gasteiger partial charge >= 0.3 is 0 Å². The summed E-state index contributed by atoms with van der Waals surface area (Å²) in [7, 11) is 2.95. The third kappa shape index (κ3) is 5.42. The number of hydrogen-bond acceptors (Lipinski definition) is 7. The quantitative estimate of drug-likeness (QED) is 0.227. The maximum Gasteiger partial charge on any atom is 0.282 e. The number of hydrogen-bond donors (Lipinski definition) is 1. The Kier molecular flexibility index (Phi) is 7.86. The smallest absolute Gasteiger partial charge is 0.282 e. The molecule has 0 bridgehead atoms. The molecule has 1 heterocycles. The van der Waals surface area contributed by atoms with Crippen LogP contribution in [-0.4, -0.2) is 36.8 Å². The summed E-state index contributed by atoms with van der Waals surface area (Å²) in [6.45, 7) is 0. The van der Waals surface area contributed by atoms with Gasteiger partial charge in [-0.3, -0.25) is 19.7 Å². The Hall–Kier alpha value is -4.12. The molecule has 0 unspecified atom stereocenters. The number of anilines is 1. The monoisotopic (exact) mass is 574 g/mol. The Morgan fingerprint density at radius 3 is 2.39 bits per heavy atom. The summed E-state index contributed by atoms with van der Waals surface area (Å²) < 4.78 is 10.6. The predicted molar refractivity (Wildman–Crippen MR) is 144 cm³/mol. The fourth-order valence-electron chi connectivity index (χ4n) is 3.56. The number of halogens is 3. The summed E-state index contributed by atoms with van der Waals surface area (Å²) in [6, 6.07) is 12.8. The van der Waals surface area contributed by atoms with Crippen LogP contribution in [0.3, 0.4) is 0 Å². The van der Waals surface area contributed by atoms with Crippen LogP contribution in [0.4, 0.5) is 11.4 Å². The summed E-state index contributed by atoms with van der Waals surface area (Å²) in [4.78, 5) is 37.1. The molecule has 2 amide bonds. The summed E-state index contributed by atoms with van der Waals surface area (Å²) in [5.41, 5.74) is 0.201. The minimum absolute atomic E-state index is 0.0169. The van der Waals surface area contributed by atoms with E-state index in [1.165, 1.54) is 50.6 Å². The van der Waals surface area contributed by atoms with Crippen molar-refractivity contribution in [1.29, 1.82) is 0 Å². The molecule has 0 saturated carbocycles. The Morgan fingerprint density at radius 1 is 1.05 bits per heavy atom. The third-order valence-electron chi connectivity index (χ3n) is 5.36. The highest BCUT2D eigenvalue weighted by molar-refractivity contribution is 6.44. The van der Waals surface area contributed by atoms with E-state index in [9.17, 15) is 19.7 Å². The van der Waals surface area contributed by atoms with Crippen LogP contribution >= 0.6 is 34.8 Å². The first kappa shape index (κ1) is 26.9. The molecule has 0 aromatic heterocycles. The second-order valence-electron chi connectivity index (χ2n) is 7.71. The molecule has 194 valence electrons. The van der Waals surface area contributed by atoms with E-state index in [2.05, 4.69) is 10.4 Å². The van der Waals surface area contributed by atoms with E-state index in [-0.39, 0.29) is 43.4 Å². The van der Waals surface area contributed by atoms with E-state index < -0.39 is 16.7 Å². The highest BCUT2D eigenvalue weighted by Crippen LogP contribution is 2.39. The number of nitrogens with zero attached hydrogens (tertiary/aromatic N) is 3. The van der Waals surface area contributed by atoms with Crippen molar-refractivity contribution in [3.05, 3.63) is 96.5 Å². The topological polar surface area (TPSA) is 123 Å². The molecule has 3 aromatic carbocycles. The fourth-order valence-corrected chi connectivity index (χ4v) is 4.54. The van der Waals surface area contributed by atoms with Gasteiger partial charge in [-0.1, -0.05) is 40.9 Å². The number of rotatable bonds is 6. The fraction of sp³-hybridized carbons (Fsp3) is 0.0800. The van der Waals surface area contributed by atoms with E-state index in [1.807, 2.05) is 0 Å². The van der Waals surface area contributed by atoms with Gasteiger partial charge in [0.05, 0.1) is 34.8 Å². The predicted octanol–water partition coefficient (Wildman–Crippen LogP) is 5.75. The van der Waals surface area contributed by atoms with Crippen molar-refractivity contribution in [1.82, 2.24) is 5.32 Å². The number of nitrogens with one attached hydrogen (secondary N) is 1. The van der Waals surface area contributed by atoms with Crippen molar-refractivity contribution in [3.8, 4) is 11.5 Å². The largest absolute Gasteiger partial charge is 0.497 e. The molecule has 10 nitrogen and oxygen atoms in total. The number of nitro benzene ring substituents is 1. The van der Waals surface area contributed by atoms with Crippen molar-refractivity contribution in [3.63, 3.8) is 0 Å². The van der Waals surface area contributed by atoms with Crippen LogP contribution in [0.1, 0.15) is 15.9 Å². The number of benzene rings is 3. The molecule has 0 fully saturated rings. The molecule has 13 heteroatoms. The molecule has 38 heavy (non-hydrogen) atoms. The Balaban J connectivity index is 1.81. The number of amidine groups is 1. The van der Waals surface area contributed by atoms with Gasteiger partial charge in [0.2, 0.25) is 0 Å². The van der Waals surface area contributed by atoms with Crippen molar-refractivity contribution in [2.75, 3.05) is 19.2 Å². The first-order valence-corrected chi connectivity index (χ1v) is 11.8. The van der Waals surface area contributed by atoms with Crippen LogP contribution < -0.4 is 19.8 Å². The SMILES string of the molecule is COc1ccc(/C=C2\C(=O)N(c3c(Cl)cc(Cl)cc3Cl)N=C2NC(=O)c2cccc([N+](=O)[O-])c2)c(OC)c1. The molecule has 1 aliphatic rings. The number of ether oxygens (including phenoxy) is 2. The Morgan fingerprint density at radius 2 is 1.76 bits per heavy atom. The van der Waals surface area contributed by atoms with Gasteiger partial charge < -0.3 is 14.8 Å². The van der Waals surface area contributed by atoms with E-state index in [4.69, 9.17) is 44.3 Å². The van der Waals surface area contributed by atoms with Gasteiger partial charge in [-0.05, 0) is 36.4 Å². The van der Waals surface area contributed by atoms with Crippen LogP contribution in [0.25, 0.3) is 6.08 Å². The van der Waals surface area contributed by atoms with E-state index >= 15 is 0 Å². The van der Waals surface area contributed by atoms with Crippen LogP contribution in [-0.2, 0) is 4.79 Å². The van der Waals surface area contributed by atoms with Crippen LogP contribution in [0.15, 0.2) is 65.3 Å². The lowest BCUT2D eigenvalue weighted by Gasteiger charge is -2.15. The maximum atomic E-state index is 13.6. The zero-order chi connectivity index (χ0) is 27.6. The van der Waals surface area contributed by atoms with Crippen LogP contribution in [0, 0.1) is 10.1 Å². The first-order valence-electron chi connectivity index (χ1n) is 10.7. The second kappa shape index (κ2) is 11.1. The standard InChI is InChI=1S/C25H17Cl3N4O6/c1-37-17-7-6-13(21(12-17)38-2)9-18-23(29-24(33)14-4-3-5-16(8-14)32(35)36)30-31(25(18)34)22-19(27)10-15(26)11-20(22)28/h3-12H,1-2H3,(H,29,30,33)/b18-9-. The molecular formula is C25H17Cl3N4O6. The van der Waals surface area contributed by atoms with Gasteiger partial charge in [-0.15, -0.1) is 5.10 Å². The van der Waals surface area contributed by atoms with E-state index in [0.29, 0.717) is 17.1 Å². The highest BCUT2D eigenvalue weighted by atomic mass is 35.5. The Bertz CT molecular complexity index is 1520. The van der Waals surface area contributed by atoms with E-state index in [1.54, 1.807) is 18.2 Å². The number of carbonyl (C=O) groups excluding carboxylic acids is 2.